The van der Waals surface area contributed by atoms with Gasteiger partial charge in [0.05, 0.1) is 55.6 Å². The number of nitrogens with one attached hydrogen (secondary N) is 1. The minimum absolute atomic E-state index is 0.0821. The molecule has 0 bridgehead atoms. The molecule has 1 saturated heterocycles. The number of rotatable bonds is 9. The molecule has 1 aliphatic heterocycles. The molecule has 1 aliphatic rings. The number of hydrogen-bond acceptors (Lipinski definition) is 8. The quantitative estimate of drug-likeness (QED) is 0.161. The number of aromatic amines is 1. The van der Waals surface area contributed by atoms with Gasteiger partial charge in [0.15, 0.2) is 11.5 Å². The minimum atomic E-state index is -0.972. The smallest absolute Gasteiger partial charge is 0.302 e. The molecule has 1 fully saturated rings. The van der Waals surface area contributed by atoms with Crippen molar-refractivity contribution in [1.29, 1.82) is 0 Å². The molecule has 0 saturated carbocycles. The van der Waals surface area contributed by atoms with E-state index in [9.17, 15) is 14.7 Å². The van der Waals surface area contributed by atoms with Gasteiger partial charge in [0, 0.05) is 18.2 Å². The minimum Gasteiger partial charge on any atom is -0.507 e. The topological polar surface area (TPSA) is 123 Å². The number of carbonyl (C=O) groups is 2. The number of Topliss-reactive ketones (excluding diaryl/α,β-unsaturated/α-hetero) is 1. The molecule has 0 aliphatic carbocycles. The zero-order valence-electron chi connectivity index (χ0n) is 23.5. The number of aryl methyl sites for hydroxylation is 1. The van der Waals surface area contributed by atoms with Crippen molar-refractivity contribution >= 4 is 34.4 Å². The Kier molecular flexibility index (Phi) is 7.56. The van der Waals surface area contributed by atoms with Gasteiger partial charge in [0.2, 0.25) is 5.95 Å². The monoisotopic (exact) mass is 557 g/mol. The van der Waals surface area contributed by atoms with Gasteiger partial charge in [-0.3, -0.25) is 14.5 Å². The van der Waals surface area contributed by atoms with Crippen molar-refractivity contribution in [3.8, 4) is 23.0 Å². The van der Waals surface area contributed by atoms with Crippen LogP contribution in [0.25, 0.3) is 16.8 Å². The second-order valence-corrected chi connectivity index (χ2v) is 9.39. The molecule has 1 atom stereocenters. The molecule has 2 heterocycles. The molecule has 4 aromatic rings. The maximum absolute atomic E-state index is 13.7. The zero-order valence-corrected chi connectivity index (χ0v) is 23.5. The molecule has 3 aromatic carbocycles. The van der Waals surface area contributed by atoms with Crippen molar-refractivity contribution in [3.05, 3.63) is 76.9 Å². The number of aliphatic hydroxyl groups is 1. The number of nitrogens with zero attached hydrogens (tertiary/aromatic N) is 2. The summed E-state index contributed by atoms with van der Waals surface area (Å²) in [6, 6.07) is 14.8. The summed E-state index contributed by atoms with van der Waals surface area (Å²) in [5.41, 5.74) is 2.82. The number of H-pyrrole nitrogens is 1. The van der Waals surface area contributed by atoms with Gasteiger partial charge in [-0.25, -0.2) is 4.98 Å². The van der Waals surface area contributed by atoms with E-state index in [0.717, 1.165) is 5.56 Å². The van der Waals surface area contributed by atoms with Gasteiger partial charge in [0.1, 0.15) is 17.3 Å². The standard InChI is InChI=1S/C31H31N3O7/c1-6-40-19-11-12-20(23(14-19)41-7-2)28(35)26-27(18-10-8-9-17(3)13-18)34(30(37)29(26)36)31-32-21-15-24(38-4)25(39-5)16-22(21)33-31/h8-16,27,35H,6-7H2,1-5H3,(H,32,33)/b28-26+. The lowest BCUT2D eigenvalue weighted by Gasteiger charge is -2.23. The number of methoxy groups -OCH3 is 2. The maximum Gasteiger partial charge on any atom is 0.302 e. The number of fused-ring (bicyclic) bond motifs is 1. The van der Waals surface area contributed by atoms with Crippen molar-refractivity contribution in [2.24, 2.45) is 0 Å². The van der Waals surface area contributed by atoms with E-state index in [1.54, 1.807) is 36.4 Å². The van der Waals surface area contributed by atoms with Crippen molar-refractivity contribution in [2.75, 3.05) is 32.3 Å². The van der Waals surface area contributed by atoms with Crippen LogP contribution < -0.4 is 23.8 Å². The molecule has 1 amide bonds. The van der Waals surface area contributed by atoms with Crippen LogP contribution in [-0.4, -0.2) is 54.2 Å². The van der Waals surface area contributed by atoms with Gasteiger partial charge < -0.3 is 29.0 Å². The van der Waals surface area contributed by atoms with Gasteiger partial charge in [-0.05, 0) is 38.5 Å². The summed E-state index contributed by atoms with van der Waals surface area (Å²) in [5.74, 6) is -0.0750. The van der Waals surface area contributed by atoms with Gasteiger partial charge in [0.25, 0.3) is 5.78 Å². The molecule has 1 unspecified atom stereocenters. The lowest BCUT2D eigenvalue weighted by atomic mass is 9.94. The summed E-state index contributed by atoms with van der Waals surface area (Å²) in [7, 11) is 3.04. The number of aromatic nitrogens is 2. The Morgan fingerprint density at radius 3 is 2.37 bits per heavy atom. The third kappa shape index (κ3) is 4.93. The summed E-state index contributed by atoms with van der Waals surface area (Å²) >= 11 is 0. The Hall–Kier alpha value is -4.99. The first-order chi connectivity index (χ1) is 19.8. The lowest BCUT2D eigenvalue weighted by molar-refractivity contribution is -0.132. The average molecular weight is 558 g/mol. The van der Waals surface area contributed by atoms with E-state index in [2.05, 4.69) is 9.97 Å². The van der Waals surface area contributed by atoms with Crippen LogP contribution in [0.2, 0.25) is 0 Å². The fraction of sp³-hybridized carbons (Fsp3) is 0.258. The number of benzene rings is 3. The van der Waals surface area contributed by atoms with Crippen LogP contribution in [0.5, 0.6) is 23.0 Å². The highest BCUT2D eigenvalue weighted by Crippen LogP contribution is 2.44. The number of ether oxygens (including phenoxy) is 4. The summed E-state index contributed by atoms with van der Waals surface area (Å²) < 4.78 is 22.2. The van der Waals surface area contributed by atoms with Gasteiger partial charge in [-0.1, -0.05) is 29.8 Å². The number of carbonyl (C=O) groups excluding carboxylic acids is 2. The Balaban J connectivity index is 1.72. The number of aliphatic hydroxyl groups excluding tert-OH is 1. The number of ketones is 1. The van der Waals surface area contributed by atoms with E-state index >= 15 is 0 Å². The molecule has 41 heavy (non-hydrogen) atoms. The fourth-order valence-electron chi connectivity index (χ4n) is 5.02. The van der Waals surface area contributed by atoms with E-state index in [1.165, 1.54) is 19.1 Å². The van der Waals surface area contributed by atoms with Gasteiger partial charge in [-0.15, -0.1) is 0 Å². The molecule has 2 N–H and O–H groups in total. The summed E-state index contributed by atoms with van der Waals surface area (Å²) in [6.07, 6.45) is 0. The first-order valence-electron chi connectivity index (χ1n) is 13.2. The SMILES string of the molecule is CCOc1ccc(/C(O)=C2\C(=O)C(=O)N(c3nc4cc(OC)c(OC)cc4[nH]3)C2c2cccc(C)c2)c(OCC)c1. The molecule has 10 nitrogen and oxygen atoms in total. The van der Waals surface area contributed by atoms with Crippen LogP contribution in [-0.2, 0) is 9.59 Å². The van der Waals surface area contributed by atoms with Crippen molar-refractivity contribution < 1.29 is 33.6 Å². The Labute approximate surface area is 237 Å². The van der Waals surface area contributed by atoms with Gasteiger partial charge in [-0.2, -0.15) is 0 Å². The van der Waals surface area contributed by atoms with Crippen molar-refractivity contribution in [1.82, 2.24) is 9.97 Å². The zero-order chi connectivity index (χ0) is 29.3. The normalized spacial score (nSPS) is 16.3. The highest BCUT2D eigenvalue weighted by Gasteiger charge is 2.48. The second kappa shape index (κ2) is 11.2. The molecule has 0 radical (unpaired) electrons. The Bertz CT molecular complexity index is 1630. The Morgan fingerprint density at radius 2 is 1.68 bits per heavy atom. The molecule has 212 valence electrons. The highest BCUT2D eigenvalue weighted by atomic mass is 16.5. The molecular formula is C31H31N3O7. The van der Waals surface area contributed by atoms with Crippen LogP contribution in [0, 0.1) is 6.92 Å². The first kappa shape index (κ1) is 27.6. The number of imidazole rings is 1. The van der Waals surface area contributed by atoms with E-state index in [1.807, 2.05) is 39.0 Å². The molecular weight excluding hydrogens is 526 g/mol. The lowest BCUT2D eigenvalue weighted by Crippen LogP contribution is -2.30. The van der Waals surface area contributed by atoms with Crippen LogP contribution in [0.15, 0.2) is 60.2 Å². The number of amides is 1. The molecule has 0 spiro atoms. The van der Waals surface area contributed by atoms with Crippen LogP contribution in [0.3, 0.4) is 0 Å². The molecule has 1 aromatic heterocycles. The summed E-state index contributed by atoms with van der Waals surface area (Å²) in [4.78, 5) is 36.4. The number of hydrogen-bond donors (Lipinski definition) is 2. The fourth-order valence-corrected chi connectivity index (χ4v) is 5.02. The average Bonchev–Trinajstić information content (AvgIpc) is 3.49. The third-order valence-corrected chi connectivity index (χ3v) is 6.82. The van der Waals surface area contributed by atoms with Crippen LogP contribution >= 0.6 is 0 Å². The Morgan fingerprint density at radius 1 is 0.951 bits per heavy atom. The summed E-state index contributed by atoms with van der Waals surface area (Å²) in [5, 5.41) is 11.7. The maximum atomic E-state index is 13.7. The second-order valence-electron chi connectivity index (χ2n) is 9.39. The summed E-state index contributed by atoms with van der Waals surface area (Å²) in [6.45, 7) is 6.35. The van der Waals surface area contributed by atoms with Crippen LogP contribution in [0.4, 0.5) is 5.95 Å². The van der Waals surface area contributed by atoms with Crippen molar-refractivity contribution in [3.63, 3.8) is 0 Å². The number of anilines is 1. The predicted octanol–water partition coefficient (Wildman–Crippen LogP) is 5.31. The van der Waals surface area contributed by atoms with E-state index in [-0.39, 0.29) is 22.8 Å². The van der Waals surface area contributed by atoms with Crippen molar-refractivity contribution in [2.45, 2.75) is 26.8 Å². The highest BCUT2D eigenvalue weighted by molar-refractivity contribution is 6.51. The predicted molar refractivity (Wildman–Crippen MR) is 154 cm³/mol. The first-order valence-corrected chi connectivity index (χ1v) is 13.2. The largest absolute Gasteiger partial charge is 0.507 e. The molecule has 5 rings (SSSR count). The van der Waals surface area contributed by atoms with E-state index < -0.39 is 17.7 Å². The van der Waals surface area contributed by atoms with E-state index in [4.69, 9.17) is 18.9 Å². The molecule has 10 heteroatoms. The third-order valence-electron chi connectivity index (χ3n) is 6.82. The van der Waals surface area contributed by atoms with E-state index in [0.29, 0.717) is 52.8 Å². The van der Waals surface area contributed by atoms with Gasteiger partial charge >= 0.3 is 5.91 Å². The van der Waals surface area contributed by atoms with Crippen LogP contribution in [0.1, 0.15) is 36.6 Å².